The number of aliphatic hydroxyl groups is 1. The molecule has 0 radical (unpaired) electrons. The van der Waals surface area contributed by atoms with Gasteiger partial charge in [0.1, 0.15) is 5.75 Å². The van der Waals surface area contributed by atoms with Crippen LogP contribution in [0.5, 0.6) is 5.75 Å². The highest BCUT2D eigenvalue weighted by molar-refractivity contribution is 5.55. The third-order valence-corrected chi connectivity index (χ3v) is 3.45. The Hall–Kier alpha value is -2.20. The number of benzene rings is 2. The van der Waals surface area contributed by atoms with Gasteiger partial charge in [0, 0.05) is 31.5 Å². The van der Waals surface area contributed by atoms with Crippen molar-refractivity contribution in [1.82, 2.24) is 0 Å². The van der Waals surface area contributed by atoms with Crippen molar-refractivity contribution in [3.05, 3.63) is 54.1 Å². The van der Waals surface area contributed by atoms with Crippen LogP contribution in [0.2, 0.25) is 0 Å². The number of ether oxygens (including phenoxy) is 1. The lowest BCUT2D eigenvalue weighted by molar-refractivity contribution is 0.304. The molecular formula is C18H24N2O2. The Balaban J connectivity index is 1.92. The molecule has 0 aromatic heterocycles. The number of nitrogens with zero attached hydrogens (tertiary/aromatic N) is 1. The van der Waals surface area contributed by atoms with Crippen LogP contribution >= 0.6 is 0 Å². The number of hydrogen-bond donors (Lipinski definition) is 2. The van der Waals surface area contributed by atoms with Gasteiger partial charge in [-0.25, -0.2) is 0 Å². The Kier molecular flexibility index (Phi) is 6.10. The van der Waals surface area contributed by atoms with Gasteiger partial charge < -0.3 is 20.1 Å². The minimum absolute atomic E-state index is 0.159. The lowest BCUT2D eigenvalue weighted by Gasteiger charge is -2.18. The predicted molar refractivity (Wildman–Crippen MR) is 91.7 cm³/mol. The topological polar surface area (TPSA) is 44.7 Å². The number of likely N-dealkylation sites (N-methyl/N-ethyl adjacent to an activating group) is 1. The molecule has 4 heteroatoms. The van der Waals surface area contributed by atoms with Crippen LogP contribution in [0.15, 0.2) is 48.5 Å². The summed E-state index contributed by atoms with van der Waals surface area (Å²) in [7, 11) is 1.97. The second-order valence-electron chi connectivity index (χ2n) is 5.13. The standard InChI is InChI=1S/C18H24N2O2/c1-3-22-18-6-4-5-15(13-18)14-19-16-7-9-17(10-8-16)20(2)11-12-21/h4-10,13,19,21H,3,11-12,14H2,1-2H3. The maximum absolute atomic E-state index is 8.96. The molecule has 0 saturated heterocycles. The fourth-order valence-corrected chi connectivity index (χ4v) is 2.23. The van der Waals surface area contributed by atoms with Gasteiger partial charge in [-0.3, -0.25) is 0 Å². The van der Waals surface area contributed by atoms with Crippen LogP contribution in [0.3, 0.4) is 0 Å². The molecule has 4 nitrogen and oxygen atoms in total. The van der Waals surface area contributed by atoms with E-state index in [-0.39, 0.29) is 6.61 Å². The molecule has 2 aromatic carbocycles. The zero-order chi connectivity index (χ0) is 15.8. The summed E-state index contributed by atoms with van der Waals surface area (Å²) in [6.45, 7) is 4.22. The maximum Gasteiger partial charge on any atom is 0.119 e. The van der Waals surface area contributed by atoms with Crippen molar-refractivity contribution in [3.63, 3.8) is 0 Å². The molecule has 0 saturated carbocycles. The summed E-state index contributed by atoms with van der Waals surface area (Å²) in [6, 6.07) is 16.3. The average molecular weight is 300 g/mol. The van der Waals surface area contributed by atoms with Gasteiger partial charge in [-0.2, -0.15) is 0 Å². The van der Waals surface area contributed by atoms with Crippen LogP contribution < -0.4 is 15.0 Å². The molecule has 2 rings (SSSR count). The van der Waals surface area contributed by atoms with Crippen molar-refractivity contribution < 1.29 is 9.84 Å². The van der Waals surface area contributed by atoms with Crippen LogP contribution in [-0.2, 0) is 6.54 Å². The van der Waals surface area contributed by atoms with Gasteiger partial charge in [0.15, 0.2) is 0 Å². The molecule has 0 aliphatic carbocycles. The van der Waals surface area contributed by atoms with Gasteiger partial charge in [0.05, 0.1) is 13.2 Å². The molecule has 0 atom stereocenters. The Morgan fingerprint density at radius 2 is 1.91 bits per heavy atom. The Bertz CT molecular complexity index is 570. The van der Waals surface area contributed by atoms with Gasteiger partial charge >= 0.3 is 0 Å². The first kappa shape index (κ1) is 16.2. The van der Waals surface area contributed by atoms with E-state index in [4.69, 9.17) is 9.84 Å². The molecule has 2 N–H and O–H groups in total. The van der Waals surface area contributed by atoms with Crippen LogP contribution in [0, 0.1) is 0 Å². The van der Waals surface area contributed by atoms with Gasteiger partial charge in [-0.15, -0.1) is 0 Å². The van der Waals surface area contributed by atoms with E-state index >= 15 is 0 Å². The summed E-state index contributed by atoms with van der Waals surface area (Å²) in [6.07, 6.45) is 0. The summed E-state index contributed by atoms with van der Waals surface area (Å²) in [5.74, 6) is 0.905. The summed E-state index contributed by atoms with van der Waals surface area (Å²) >= 11 is 0. The van der Waals surface area contributed by atoms with E-state index in [1.54, 1.807) is 0 Å². The Morgan fingerprint density at radius 1 is 1.14 bits per heavy atom. The number of anilines is 2. The number of nitrogens with one attached hydrogen (secondary N) is 1. The smallest absolute Gasteiger partial charge is 0.119 e. The summed E-state index contributed by atoms with van der Waals surface area (Å²) < 4.78 is 5.51. The number of rotatable bonds is 8. The fraction of sp³-hybridized carbons (Fsp3) is 0.333. The highest BCUT2D eigenvalue weighted by Crippen LogP contribution is 2.18. The van der Waals surface area contributed by atoms with Gasteiger partial charge in [-0.05, 0) is 48.9 Å². The SMILES string of the molecule is CCOc1cccc(CNc2ccc(N(C)CCO)cc2)c1. The predicted octanol–water partition coefficient (Wildman–Crippen LogP) is 3.13. The molecule has 0 amide bonds. The number of aliphatic hydroxyl groups excluding tert-OH is 1. The van der Waals surface area contributed by atoms with Gasteiger partial charge in [0.2, 0.25) is 0 Å². The lowest BCUT2D eigenvalue weighted by Crippen LogP contribution is -2.20. The molecule has 0 bridgehead atoms. The number of hydrogen-bond acceptors (Lipinski definition) is 4. The van der Waals surface area contributed by atoms with Crippen molar-refractivity contribution in [3.8, 4) is 5.75 Å². The summed E-state index contributed by atoms with van der Waals surface area (Å²) in [4.78, 5) is 2.02. The summed E-state index contributed by atoms with van der Waals surface area (Å²) in [5, 5.41) is 12.4. The second-order valence-corrected chi connectivity index (χ2v) is 5.13. The van der Waals surface area contributed by atoms with Crippen molar-refractivity contribution in [2.45, 2.75) is 13.5 Å². The molecule has 2 aromatic rings. The minimum Gasteiger partial charge on any atom is -0.494 e. The largest absolute Gasteiger partial charge is 0.494 e. The van der Waals surface area contributed by atoms with E-state index in [2.05, 4.69) is 41.7 Å². The highest BCUT2D eigenvalue weighted by Gasteiger charge is 2.01. The molecule has 0 aliphatic heterocycles. The quantitative estimate of drug-likeness (QED) is 0.786. The fourth-order valence-electron chi connectivity index (χ4n) is 2.23. The van der Waals surface area contributed by atoms with Crippen molar-refractivity contribution >= 4 is 11.4 Å². The normalized spacial score (nSPS) is 10.3. The third kappa shape index (κ3) is 4.67. The third-order valence-electron chi connectivity index (χ3n) is 3.45. The van der Waals surface area contributed by atoms with E-state index < -0.39 is 0 Å². The van der Waals surface area contributed by atoms with Crippen LogP contribution in [-0.4, -0.2) is 31.9 Å². The van der Waals surface area contributed by atoms with E-state index in [1.807, 2.05) is 31.0 Å². The maximum atomic E-state index is 8.96. The van der Waals surface area contributed by atoms with Crippen molar-refractivity contribution in [2.24, 2.45) is 0 Å². The van der Waals surface area contributed by atoms with Gasteiger partial charge in [0.25, 0.3) is 0 Å². The average Bonchev–Trinajstić information content (AvgIpc) is 2.54. The van der Waals surface area contributed by atoms with Crippen molar-refractivity contribution in [1.29, 1.82) is 0 Å². The van der Waals surface area contributed by atoms with Crippen molar-refractivity contribution in [2.75, 3.05) is 37.0 Å². The zero-order valence-electron chi connectivity index (χ0n) is 13.2. The van der Waals surface area contributed by atoms with E-state index in [9.17, 15) is 0 Å². The molecule has 0 heterocycles. The summed E-state index contributed by atoms with van der Waals surface area (Å²) in [5.41, 5.74) is 3.35. The first-order valence-corrected chi connectivity index (χ1v) is 7.60. The first-order chi connectivity index (χ1) is 10.7. The molecule has 22 heavy (non-hydrogen) atoms. The molecule has 0 unspecified atom stereocenters. The minimum atomic E-state index is 0.159. The molecule has 118 valence electrons. The van der Waals surface area contributed by atoms with E-state index in [1.165, 1.54) is 5.56 Å². The molecule has 0 aliphatic rings. The first-order valence-electron chi connectivity index (χ1n) is 7.60. The zero-order valence-corrected chi connectivity index (χ0v) is 13.2. The molecule has 0 spiro atoms. The lowest BCUT2D eigenvalue weighted by atomic mass is 10.2. The monoisotopic (exact) mass is 300 g/mol. The van der Waals surface area contributed by atoms with E-state index in [0.29, 0.717) is 13.2 Å². The molecular weight excluding hydrogens is 276 g/mol. The van der Waals surface area contributed by atoms with E-state index in [0.717, 1.165) is 23.7 Å². The Morgan fingerprint density at radius 3 is 2.59 bits per heavy atom. The second kappa shape index (κ2) is 8.29. The Labute approximate surface area is 132 Å². The van der Waals surface area contributed by atoms with Crippen LogP contribution in [0.25, 0.3) is 0 Å². The van der Waals surface area contributed by atoms with Gasteiger partial charge in [-0.1, -0.05) is 12.1 Å². The van der Waals surface area contributed by atoms with Crippen LogP contribution in [0.1, 0.15) is 12.5 Å². The van der Waals surface area contributed by atoms with Crippen LogP contribution in [0.4, 0.5) is 11.4 Å². The molecule has 0 fully saturated rings. The highest BCUT2D eigenvalue weighted by atomic mass is 16.5.